The summed E-state index contributed by atoms with van der Waals surface area (Å²) in [6, 6.07) is 19.1. The van der Waals surface area contributed by atoms with Gasteiger partial charge in [0.25, 0.3) is 0 Å². The molecule has 0 saturated heterocycles. The smallest absolute Gasteiger partial charge is 0.347 e. The second kappa shape index (κ2) is 10.2. The molecule has 1 aliphatic rings. The number of ether oxygens (including phenoxy) is 1. The average molecular weight is 403 g/mol. The van der Waals surface area contributed by atoms with Gasteiger partial charge in [-0.25, -0.2) is 4.79 Å². The van der Waals surface area contributed by atoms with Crippen LogP contribution in [0.4, 0.5) is 0 Å². The highest BCUT2D eigenvalue weighted by molar-refractivity contribution is 5.99. The Morgan fingerprint density at radius 3 is 2.23 bits per heavy atom. The van der Waals surface area contributed by atoms with Crippen molar-refractivity contribution < 1.29 is 14.6 Å². The van der Waals surface area contributed by atoms with Crippen LogP contribution in [-0.2, 0) is 9.53 Å². The Hall–Kier alpha value is -2.87. The average Bonchev–Trinajstić information content (AvgIpc) is 2.82. The van der Waals surface area contributed by atoms with Gasteiger partial charge < -0.3 is 9.84 Å². The minimum absolute atomic E-state index is 0.421. The molecule has 1 atom stereocenters. The number of esters is 1. The van der Waals surface area contributed by atoms with Crippen molar-refractivity contribution in [3.63, 3.8) is 0 Å². The third kappa shape index (κ3) is 5.18. The van der Waals surface area contributed by atoms with E-state index in [-0.39, 0.29) is 0 Å². The fourth-order valence-corrected chi connectivity index (χ4v) is 4.02. The number of methoxy groups -OCH3 is 1. The van der Waals surface area contributed by atoms with Crippen LogP contribution >= 0.6 is 0 Å². The van der Waals surface area contributed by atoms with Crippen molar-refractivity contribution in [1.82, 2.24) is 0 Å². The summed E-state index contributed by atoms with van der Waals surface area (Å²) < 4.78 is 5.02. The summed E-state index contributed by atoms with van der Waals surface area (Å²) in [6.45, 7) is 2.05. The zero-order valence-corrected chi connectivity index (χ0v) is 17.8. The molecule has 1 aliphatic carbocycles. The number of hydrogen-bond acceptors (Lipinski definition) is 3. The van der Waals surface area contributed by atoms with E-state index in [1.165, 1.54) is 32.4 Å². The van der Waals surface area contributed by atoms with E-state index in [0.29, 0.717) is 11.5 Å². The molecule has 2 aromatic carbocycles. The fourth-order valence-electron chi connectivity index (χ4n) is 4.02. The van der Waals surface area contributed by atoms with Gasteiger partial charge in [-0.1, -0.05) is 86.0 Å². The van der Waals surface area contributed by atoms with Crippen molar-refractivity contribution in [2.75, 3.05) is 7.11 Å². The first-order valence-electron chi connectivity index (χ1n) is 10.6. The molecule has 0 aromatic heterocycles. The summed E-state index contributed by atoms with van der Waals surface area (Å²) in [4.78, 5) is 12.8. The van der Waals surface area contributed by atoms with Crippen molar-refractivity contribution in [2.45, 2.75) is 44.6 Å². The first-order valence-corrected chi connectivity index (χ1v) is 10.6. The van der Waals surface area contributed by atoms with Gasteiger partial charge >= 0.3 is 5.97 Å². The molecule has 0 radical (unpaired) electrons. The van der Waals surface area contributed by atoms with Crippen LogP contribution < -0.4 is 0 Å². The van der Waals surface area contributed by atoms with Gasteiger partial charge in [0.2, 0.25) is 5.60 Å². The maximum absolute atomic E-state index is 12.8. The van der Waals surface area contributed by atoms with Gasteiger partial charge in [-0.15, -0.1) is 5.73 Å². The molecular formula is C27H30O3. The first kappa shape index (κ1) is 21.8. The highest BCUT2D eigenvalue weighted by atomic mass is 16.5. The molecule has 0 unspecified atom stereocenters. The van der Waals surface area contributed by atoms with Crippen LogP contribution in [0.1, 0.15) is 50.2 Å². The topological polar surface area (TPSA) is 46.5 Å². The number of carbonyl (C=O) groups is 1. The highest BCUT2D eigenvalue weighted by Gasteiger charge is 2.40. The largest absolute Gasteiger partial charge is 0.466 e. The lowest BCUT2D eigenvalue weighted by molar-refractivity contribution is -0.152. The summed E-state index contributed by atoms with van der Waals surface area (Å²) in [5.41, 5.74) is 4.62. The number of rotatable bonds is 6. The molecule has 3 heteroatoms. The van der Waals surface area contributed by atoms with Crippen LogP contribution in [0, 0.1) is 5.92 Å². The molecule has 2 aromatic rings. The van der Waals surface area contributed by atoms with E-state index in [1.54, 1.807) is 6.08 Å². The van der Waals surface area contributed by atoms with Crippen molar-refractivity contribution in [1.29, 1.82) is 0 Å². The van der Waals surface area contributed by atoms with Gasteiger partial charge in [0, 0.05) is 5.57 Å². The van der Waals surface area contributed by atoms with Gasteiger partial charge in [-0.2, -0.15) is 0 Å². The summed E-state index contributed by atoms with van der Waals surface area (Å²) >= 11 is 0. The molecule has 1 saturated carbocycles. The quantitative estimate of drug-likeness (QED) is 0.490. The van der Waals surface area contributed by atoms with Gasteiger partial charge in [-0.05, 0) is 48.5 Å². The van der Waals surface area contributed by atoms with E-state index >= 15 is 0 Å². The summed E-state index contributed by atoms with van der Waals surface area (Å²) in [5, 5.41) is 11.6. The molecule has 0 amide bonds. The van der Waals surface area contributed by atoms with Gasteiger partial charge in [0.15, 0.2) is 0 Å². The Balaban J connectivity index is 2.15. The predicted octanol–water partition coefficient (Wildman–Crippen LogP) is 5.81. The zero-order chi connectivity index (χ0) is 21.4. The number of benzene rings is 2. The Morgan fingerprint density at radius 2 is 1.63 bits per heavy atom. The Kier molecular flexibility index (Phi) is 7.46. The van der Waals surface area contributed by atoms with Gasteiger partial charge in [0.05, 0.1) is 7.11 Å². The predicted molar refractivity (Wildman–Crippen MR) is 122 cm³/mol. The van der Waals surface area contributed by atoms with Crippen LogP contribution in [0.25, 0.3) is 11.6 Å². The van der Waals surface area contributed by atoms with E-state index < -0.39 is 11.6 Å². The minimum Gasteiger partial charge on any atom is -0.466 e. The maximum atomic E-state index is 12.8. The van der Waals surface area contributed by atoms with Gasteiger partial charge in [-0.3, -0.25) is 0 Å². The fraction of sp³-hybridized carbons (Fsp3) is 0.333. The maximum Gasteiger partial charge on any atom is 0.347 e. The molecule has 3 nitrogen and oxygen atoms in total. The molecule has 0 heterocycles. The van der Waals surface area contributed by atoms with E-state index in [1.807, 2.05) is 60.7 Å². The second-order valence-corrected chi connectivity index (χ2v) is 7.89. The summed E-state index contributed by atoms with van der Waals surface area (Å²) in [6.07, 6.45) is 9.19. The molecule has 1 N–H and O–H groups in total. The molecule has 156 valence electrons. The van der Waals surface area contributed by atoms with E-state index in [9.17, 15) is 9.90 Å². The Morgan fingerprint density at radius 1 is 1.03 bits per heavy atom. The monoisotopic (exact) mass is 402 g/mol. The molecular weight excluding hydrogens is 372 g/mol. The third-order valence-corrected chi connectivity index (χ3v) is 5.80. The van der Waals surface area contributed by atoms with E-state index in [2.05, 4.69) is 12.7 Å². The first-order chi connectivity index (χ1) is 14.5. The number of carbonyl (C=O) groups excluding carboxylic acids is 1. The minimum atomic E-state index is -1.94. The highest BCUT2D eigenvalue weighted by Crippen LogP contribution is 2.34. The Bertz CT molecular complexity index is 931. The third-order valence-electron chi connectivity index (χ3n) is 5.80. The molecule has 3 rings (SSSR count). The molecule has 0 bridgehead atoms. The molecule has 30 heavy (non-hydrogen) atoms. The molecule has 0 spiro atoms. The lowest BCUT2D eigenvalue weighted by Crippen LogP contribution is -2.38. The normalized spacial score (nSPS) is 16.5. The second-order valence-electron chi connectivity index (χ2n) is 7.89. The summed E-state index contributed by atoms with van der Waals surface area (Å²) in [7, 11) is 1.30. The Labute approximate surface area is 179 Å². The van der Waals surface area contributed by atoms with Crippen molar-refractivity contribution in [2.24, 2.45) is 5.92 Å². The summed E-state index contributed by atoms with van der Waals surface area (Å²) in [5.74, 6) is -0.296. The van der Waals surface area contributed by atoms with Crippen LogP contribution in [0.3, 0.4) is 0 Å². The van der Waals surface area contributed by atoms with Crippen molar-refractivity contribution in [3.8, 4) is 0 Å². The van der Waals surface area contributed by atoms with E-state index in [0.717, 1.165) is 29.5 Å². The lowest BCUT2D eigenvalue weighted by atomic mass is 9.82. The van der Waals surface area contributed by atoms with E-state index in [4.69, 9.17) is 4.74 Å². The lowest BCUT2D eigenvalue weighted by Gasteiger charge is -2.26. The molecule has 0 aliphatic heterocycles. The van der Waals surface area contributed by atoms with Crippen molar-refractivity contribution >= 4 is 17.6 Å². The van der Waals surface area contributed by atoms with Gasteiger partial charge in [0.1, 0.15) is 0 Å². The number of aliphatic hydroxyl groups is 1. The van der Waals surface area contributed by atoms with Crippen LogP contribution in [0.2, 0.25) is 0 Å². The number of hydrogen-bond donors (Lipinski definition) is 1. The zero-order valence-electron chi connectivity index (χ0n) is 17.8. The standard InChI is InChI=1S/C27H30O3/c1-21(23-14-8-4-9-15-23)20-25(24-16-10-5-11-17-24)27(29,26(28)30-2)19-18-22-12-6-3-7-13-22/h3,5-7,10-13,16-19,23,29H,4,8-9,14-15H2,1-2H3/b19-18+/t20?,27-/m1/s1. The van der Waals surface area contributed by atoms with Crippen LogP contribution in [-0.4, -0.2) is 23.8 Å². The SMILES string of the molecule is COC(=O)[C@@](O)(/C=C/c1ccccc1)C(=C=C(C)C1CCCCC1)c1ccccc1. The van der Waals surface area contributed by atoms with Crippen molar-refractivity contribution in [3.05, 3.63) is 89.2 Å². The van der Waals surface area contributed by atoms with Crippen LogP contribution in [0.5, 0.6) is 0 Å². The van der Waals surface area contributed by atoms with Crippen LogP contribution in [0.15, 0.2) is 78.0 Å². The molecule has 1 fully saturated rings.